The third-order valence-electron chi connectivity index (χ3n) is 8.47. The number of hydrogen-bond acceptors (Lipinski definition) is 6. The monoisotopic (exact) mass is 678 g/mol. The van der Waals surface area contributed by atoms with Crippen LogP contribution in [0.15, 0.2) is 158 Å². The molecule has 0 aliphatic carbocycles. The van der Waals surface area contributed by atoms with Crippen LogP contribution in [-0.2, 0) is 6.42 Å². The minimum Gasteiger partial charge on any atom is -0.213 e. The fourth-order valence-electron chi connectivity index (χ4n) is 5.65. The Kier molecular flexibility index (Phi) is 11.6. The second kappa shape index (κ2) is 17.0. The van der Waals surface area contributed by atoms with E-state index in [9.17, 15) is 0 Å². The van der Waals surface area contributed by atoms with E-state index in [0.29, 0.717) is 46.9 Å². The van der Waals surface area contributed by atoms with Crippen LogP contribution in [0.2, 0.25) is 0 Å². The normalized spacial score (nSPS) is 12.2. The van der Waals surface area contributed by atoms with Crippen molar-refractivity contribution in [2.24, 2.45) is 5.92 Å². The van der Waals surface area contributed by atoms with Crippen molar-refractivity contribution < 1.29 is 0 Å². The predicted molar refractivity (Wildman–Crippen MR) is 215 cm³/mol. The number of rotatable bonds is 12. The molecular formula is C46H42N6. The molecule has 52 heavy (non-hydrogen) atoms. The van der Waals surface area contributed by atoms with Crippen LogP contribution < -0.4 is 0 Å². The summed E-state index contributed by atoms with van der Waals surface area (Å²) in [4.78, 5) is 29.3. The zero-order valence-electron chi connectivity index (χ0n) is 30.1. The van der Waals surface area contributed by atoms with Crippen molar-refractivity contribution in [1.29, 1.82) is 0 Å². The summed E-state index contributed by atoms with van der Waals surface area (Å²) in [5.74, 6) is 4.05. The van der Waals surface area contributed by atoms with Crippen LogP contribution in [0.1, 0.15) is 56.3 Å². The third-order valence-corrected chi connectivity index (χ3v) is 8.47. The summed E-state index contributed by atoms with van der Waals surface area (Å²) in [6.45, 7) is 12.7. The van der Waals surface area contributed by atoms with Crippen molar-refractivity contribution in [3.8, 4) is 34.2 Å². The van der Waals surface area contributed by atoms with Crippen molar-refractivity contribution in [2.75, 3.05) is 0 Å². The van der Waals surface area contributed by atoms with Crippen LogP contribution in [-0.4, -0.2) is 29.9 Å². The van der Waals surface area contributed by atoms with Crippen molar-refractivity contribution in [3.05, 3.63) is 187 Å². The van der Waals surface area contributed by atoms with E-state index in [1.54, 1.807) is 0 Å². The van der Waals surface area contributed by atoms with Gasteiger partial charge < -0.3 is 0 Å². The fraction of sp³-hybridized carbons (Fsp3) is 0.130. The van der Waals surface area contributed by atoms with Crippen molar-refractivity contribution in [1.82, 2.24) is 29.9 Å². The minimum atomic E-state index is 0.227. The van der Waals surface area contributed by atoms with Gasteiger partial charge in [0.05, 0.1) is 0 Å². The van der Waals surface area contributed by atoms with Gasteiger partial charge in [0.15, 0.2) is 29.1 Å². The highest BCUT2D eigenvalue weighted by molar-refractivity contribution is 5.80. The molecule has 4 aromatic carbocycles. The Labute approximate surface area is 306 Å². The Morgan fingerprint density at radius 2 is 1.12 bits per heavy atom. The van der Waals surface area contributed by atoms with Crippen LogP contribution in [0.3, 0.4) is 0 Å². The number of benzene rings is 4. The maximum Gasteiger partial charge on any atom is 0.164 e. The lowest BCUT2D eigenvalue weighted by molar-refractivity contribution is 0.814. The van der Waals surface area contributed by atoms with E-state index in [0.717, 1.165) is 39.0 Å². The Morgan fingerprint density at radius 1 is 0.596 bits per heavy atom. The van der Waals surface area contributed by atoms with Gasteiger partial charge in [-0.1, -0.05) is 172 Å². The van der Waals surface area contributed by atoms with Gasteiger partial charge in [0.1, 0.15) is 5.82 Å². The topological polar surface area (TPSA) is 77.3 Å². The van der Waals surface area contributed by atoms with Crippen molar-refractivity contribution in [2.45, 2.75) is 34.1 Å². The first-order valence-corrected chi connectivity index (χ1v) is 17.6. The molecule has 0 unspecified atom stereocenters. The second-order valence-electron chi connectivity index (χ2n) is 12.6. The molecule has 6 nitrogen and oxygen atoms in total. The summed E-state index contributed by atoms with van der Waals surface area (Å²) in [6.07, 6.45) is 12.8. The summed E-state index contributed by atoms with van der Waals surface area (Å²) < 4.78 is 0. The smallest absolute Gasteiger partial charge is 0.164 e. The molecule has 256 valence electrons. The summed E-state index contributed by atoms with van der Waals surface area (Å²) in [5, 5.41) is 0. The molecule has 2 aromatic heterocycles. The quantitative estimate of drug-likeness (QED) is 0.120. The Bertz CT molecular complexity index is 2190. The standard InChI is InChI=1S/C46H42N6/c1-6-8-24-40(32(3)4)46-48-41(31-34-18-12-9-13-19-34)47-42(49-46)33(5)25-26-35(7-2)36-27-29-39(30-28-36)45-51-43(37-20-14-10-15-21-37)50-44(52-45)38-22-16-11-17-23-38/h6-30,32H,5,31H2,1-4H3/b8-6-,26-25-,35-7+,40-24+. The summed E-state index contributed by atoms with van der Waals surface area (Å²) in [7, 11) is 0. The molecule has 0 saturated heterocycles. The van der Waals surface area contributed by atoms with Crippen molar-refractivity contribution in [3.63, 3.8) is 0 Å². The Hall–Kier alpha value is -6.40. The van der Waals surface area contributed by atoms with Gasteiger partial charge >= 0.3 is 0 Å². The predicted octanol–water partition coefficient (Wildman–Crippen LogP) is 10.9. The third kappa shape index (κ3) is 8.84. The molecule has 2 heterocycles. The van der Waals surface area contributed by atoms with E-state index in [4.69, 9.17) is 29.9 Å². The fourth-order valence-corrected chi connectivity index (χ4v) is 5.65. The average Bonchev–Trinajstić information content (AvgIpc) is 3.19. The first-order chi connectivity index (χ1) is 25.4. The molecule has 0 atom stereocenters. The van der Waals surface area contributed by atoms with Gasteiger partial charge in [0.2, 0.25) is 0 Å². The number of allylic oxidation sites excluding steroid dienone is 9. The van der Waals surface area contributed by atoms with Gasteiger partial charge in [0, 0.05) is 28.7 Å². The van der Waals surface area contributed by atoms with Crippen LogP contribution in [0.25, 0.3) is 50.9 Å². The highest BCUT2D eigenvalue weighted by atomic mass is 15.0. The van der Waals surface area contributed by atoms with Gasteiger partial charge in [0.25, 0.3) is 0 Å². The first kappa shape index (κ1) is 35.4. The van der Waals surface area contributed by atoms with Crippen LogP contribution in [0.4, 0.5) is 0 Å². The molecule has 0 N–H and O–H groups in total. The molecule has 6 heteroatoms. The van der Waals surface area contributed by atoms with Crippen LogP contribution >= 0.6 is 0 Å². The Morgan fingerprint density at radius 3 is 1.63 bits per heavy atom. The van der Waals surface area contributed by atoms with Gasteiger partial charge in [-0.15, -0.1) is 0 Å². The van der Waals surface area contributed by atoms with Crippen LogP contribution in [0.5, 0.6) is 0 Å². The lowest BCUT2D eigenvalue weighted by Crippen LogP contribution is -2.09. The molecule has 0 saturated carbocycles. The molecular weight excluding hydrogens is 637 g/mol. The number of nitrogens with zero attached hydrogens (tertiary/aromatic N) is 6. The highest BCUT2D eigenvalue weighted by Gasteiger charge is 2.16. The maximum absolute atomic E-state index is 4.92. The molecule has 0 radical (unpaired) electrons. The molecule has 0 spiro atoms. The molecule has 6 aromatic rings. The van der Waals surface area contributed by atoms with E-state index in [2.05, 4.69) is 75.1 Å². The van der Waals surface area contributed by atoms with Gasteiger partial charge in [-0.3, -0.25) is 0 Å². The van der Waals surface area contributed by atoms with E-state index in [-0.39, 0.29) is 5.92 Å². The highest BCUT2D eigenvalue weighted by Crippen LogP contribution is 2.27. The lowest BCUT2D eigenvalue weighted by atomic mass is 10.0. The minimum absolute atomic E-state index is 0.227. The van der Waals surface area contributed by atoms with E-state index >= 15 is 0 Å². The number of hydrogen-bond donors (Lipinski definition) is 0. The van der Waals surface area contributed by atoms with Gasteiger partial charge in [-0.25, -0.2) is 29.9 Å². The second-order valence-corrected chi connectivity index (χ2v) is 12.6. The summed E-state index contributed by atoms with van der Waals surface area (Å²) in [6, 6.07) is 38.5. The van der Waals surface area contributed by atoms with Crippen LogP contribution in [0, 0.1) is 5.92 Å². The molecule has 0 aliphatic heterocycles. The zero-order valence-corrected chi connectivity index (χ0v) is 30.1. The molecule has 0 bridgehead atoms. The first-order valence-electron chi connectivity index (χ1n) is 17.6. The molecule has 0 fully saturated rings. The average molecular weight is 679 g/mol. The maximum atomic E-state index is 4.92. The summed E-state index contributed by atoms with van der Waals surface area (Å²) in [5.41, 5.74) is 7.75. The number of aromatic nitrogens is 6. The molecule has 0 aliphatic rings. The van der Waals surface area contributed by atoms with E-state index in [1.807, 2.05) is 111 Å². The van der Waals surface area contributed by atoms with Gasteiger partial charge in [-0.05, 0) is 42.0 Å². The summed E-state index contributed by atoms with van der Waals surface area (Å²) >= 11 is 0. The van der Waals surface area contributed by atoms with E-state index < -0.39 is 0 Å². The zero-order chi connectivity index (χ0) is 36.3. The van der Waals surface area contributed by atoms with Gasteiger partial charge in [-0.2, -0.15) is 0 Å². The Balaban J connectivity index is 1.28. The molecule has 6 rings (SSSR count). The largest absolute Gasteiger partial charge is 0.213 e. The SMILES string of the molecule is C=C(/C=C\C(=C/C)c1ccc(-c2nc(-c3ccccc3)nc(-c3ccccc3)n2)cc1)c1nc(Cc2ccccc2)nc(/C(=C/C=C\C)C(C)C)n1. The lowest BCUT2D eigenvalue weighted by Gasteiger charge is -2.13. The van der Waals surface area contributed by atoms with E-state index in [1.165, 1.54) is 0 Å². The van der Waals surface area contributed by atoms with Crippen molar-refractivity contribution >= 4 is 16.7 Å². The molecule has 0 amide bonds.